The lowest BCUT2D eigenvalue weighted by Gasteiger charge is -2.50. The maximum absolute atomic E-state index is 13.5. The molecule has 0 spiro atoms. The zero-order valence-electron chi connectivity index (χ0n) is 35.7. The van der Waals surface area contributed by atoms with Crippen LogP contribution in [0.5, 0.6) is 0 Å². The number of ether oxygens (including phenoxy) is 4. The molecule has 0 saturated carbocycles. The van der Waals surface area contributed by atoms with Crippen LogP contribution in [-0.2, 0) is 32.6 Å². The van der Waals surface area contributed by atoms with E-state index in [9.17, 15) is 4.79 Å². The van der Waals surface area contributed by atoms with Crippen LogP contribution >= 0.6 is 11.8 Å². The number of fused-ring (bicyclic) bond motifs is 4. The van der Waals surface area contributed by atoms with Crippen molar-refractivity contribution < 1.29 is 32.6 Å². The van der Waals surface area contributed by atoms with E-state index in [0.29, 0.717) is 32.0 Å². The highest BCUT2D eigenvalue weighted by molar-refractivity contribution is 7.98. The molecule has 302 valence electrons. The number of carbonyl (C=O) groups excluding carboxylic acids is 1. The number of carbonyl (C=O) groups is 1. The molecule has 0 amide bonds. The lowest BCUT2D eigenvalue weighted by Crippen LogP contribution is -2.57. The number of allylic oxidation sites excluding steroid dienone is 6. The molecule has 10 heteroatoms. The van der Waals surface area contributed by atoms with Gasteiger partial charge in [0.1, 0.15) is 6.10 Å². The molecular weight excluding hydrogens is 717 g/mol. The molecule has 3 heterocycles. The van der Waals surface area contributed by atoms with Crippen molar-refractivity contribution in [2.24, 2.45) is 11.3 Å². The molecule has 0 aromatic heterocycles. The van der Waals surface area contributed by atoms with Crippen LogP contribution in [0.2, 0.25) is 36.3 Å². The molecule has 0 aromatic carbocycles. The summed E-state index contributed by atoms with van der Waals surface area (Å²) >= 11 is 1.66. The Morgan fingerprint density at radius 1 is 0.943 bits per heavy atom. The normalized spacial score (nSPS) is 34.6. The molecule has 7 nitrogen and oxygen atoms in total. The zero-order chi connectivity index (χ0) is 39.7. The van der Waals surface area contributed by atoms with Gasteiger partial charge in [0, 0.05) is 25.0 Å². The van der Waals surface area contributed by atoms with Gasteiger partial charge in [-0.2, -0.15) is 0 Å². The van der Waals surface area contributed by atoms with Gasteiger partial charge in [0.15, 0.2) is 16.6 Å². The standard InChI is InChI=1S/C43H74O7SSi2/c1-32-21-17-15-18-23-35-29-39(43(9,30-46-52(11,12)41(3,4)5)38(48-35)25-26-45-31-51-10)49-40(44)24-20-16-19-22-34-28-37(33(2)36(27-32)47-34)50-53(13,14)42(6,7)8/h16-21,23-24,27,33-39H,15,22,25-26,28-31H2,1-14H3/b19-16+,21-17+,23-18+,24-20+,32-27-/t33-,34-,35+,36+,37-,38-,39+,43-/m0/s1. The molecule has 3 rings (SSSR count). The summed E-state index contributed by atoms with van der Waals surface area (Å²) in [6, 6.07) is 0. The van der Waals surface area contributed by atoms with Gasteiger partial charge in [0.05, 0.1) is 48.5 Å². The largest absolute Gasteiger partial charge is 0.458 e. The number of hydrogen-bond acceptors (Lipinski definition) is 8. The smallest absolute Gasteiger partial charge is 0.331 e. The second-order valence-electron chi connectivity index (χ2n) is 18.7. The van der Waals surface area contributed by atoms with Gasteiger partial charge in [-0.25, -0.2) is 4.79 Å². The van der Waals surface area contributed by atoms with E-state index < -0.39 is 28.2 Å². The Labute approximate surface area is 330 Å². The van der Waals surface area contributed by atoms with Crippen molar-refractivity contribution in [3.63, 3.8) is 0 Å². The van der Waals surface area contributed by atoms with Gasteiger partial charge in [-0.1, -0.05) is 110 Å². The highest BCUT2D eigenvalue weighted by Crippen LogP contribution is 2.45. The van der Waals surface area contributed by atoms with Crippen LogP contribution in [0.4, 0.5) is 0 Å². The number of thioether (sulfide) groups is 1. The third kappa shape index (κ3) is 13.4. The summed E-state index contributed by atoms with van der Waals surface area (Å²) in [5, 5.41) is 0.173. The molecule has 0 N–H and O–H groups in total. The van der Waals surface area contributed by atoms with Crippen molar-refractivity contribution in [2.45, 2.75) is 167 Å². The molecule has 2 fully saturated rings. The first-order valence-electron chi connectivity index (χ1n) is 19.8. The van der Waals surface area contributed by atoms with Gasteiger partial charge < -0.3 is 27.8 Å². The summed E-state index contributed by atoms with van der Waals surface area (Å²) in [5.41, 5.74) is 0.619. The summed E-state index contributed by atoms with van der Waals surface area (Å²) in [5.74, 6) is 0.500. The van der Waals surface area contributed by atoms with Crippen LogP contribution in [0.1, 0.15) is 94.4 Å². The predicted octanol–water partition coefficient (Wildman–Crippen LogP) is 11.0. The molecule has 0 aliphatic carbocycles. The quantitative estimate of drug-likeness (QED) is 0.0712. The summed E-state index contributed by atoms with van der Waals surface area (Å²) in [4.78, 5) is 13.5. The van der Waals surface area contributed by atoms with E-state index in [2.05, 4.69) is 125 Å². The Morgan fingerprint density at radius 2 is 1.64 bits per heavy atom. The Morgan fingerprint density at radius 3 is 2.30 bits per heavy atom. The molecule has 3 aliphatic rings. The molecule has 4 bridgehead atoms. The Bertz CT molecular complexity index is 1320. The monoisotopic (exact) mass is 790 g/mol. The minimum atomic E-state index is -2.10. The zero-order valence-corrected chi connectivity index (χ0v) is 38.5. The van der Waals surface area contributed by atoms with E-state index in [1.165, 1.54) is 11.6 Å². The number of rotatable bonds is 10. The average Bonchev–Trinajstić information content (AvgIpc) is 3.04. The summed E-state index contributed by atoms with van der Waals surface area (Å²) < 4.78 is 39.7. The SMILES string of the molecule is CSCOCC[C@@H]1O[C@@H]2/C=C/C/C=C/C(C)=C\[C@H]3O[C@@H](C/C=C/C=C/C(=O)O[C@H](C2)[C@@]1(C)CO[Si](C)(C)C(C)(C)C)C[C@H](O[Si](C)(C)C(C)(C)C)[C@H]3C. The Balaban J connectivity index is 1.93. The lowest BCUT2D eigenvalue weighted by molar-refractivity contribution is -0.201. The van der Waals surface area contributed by atoms with E-state index in [1.54, 1.807) is 17.8 Å². The molecular formula is C43H74O7SSi2. The van der Waals surface area contributed by atoms with Crippen molar-refractivity contribution in [1.82, 2.24) is 0 Å². The van der Waals surface area contributed by atoms with Gasteiger partial charge in [-0.3, -0.25) is 0 Å². The molecule has 8 atom stereocenters. The topological polar surface area (TPSA) is 72.5 Å². The van der Waals surface area contributed by atoms with Crippen LogP contribution in [0.15, 0.2) is 60.3 Å². The fourth-order valence-corrected chi connectivity index (χ4v) is 9.34. The molecule has 0 aromatic rings. The van der Waals surface area contributed by atoms with Crippen LogP contribution in [0, 0.1) is 11.3 Å². The van der Waals surface area contributed by atoms with Crippen LogP contribution in [0.25, 0.3) is 0 Å². The minimum Gasteiger partial charge on any atom is -0.458 e. The van der Waals surface area contributed by atoms with E-state index >= 15 is 0 Å². The van der Waals surface area contributed by atoms with Crippen molar-refractivity contribution in [3.8, 4) is 0 Å². The van der Waals surface area contributed by atoms with Crippen molar-refractivity contribution in [1.29, 1.82) is 0 Å². The number of esters is 1. The van der Waals surface area contributed by atoms with Crippen molar-refractivity contribution >= 4 is 34.4 Å². The van der Waals surface area contributed by atoms with Crippen LogP contribution in [-0.4, -0.2) is 84.6 Å². The van der Waals surface area contributed by atoms with Gasteiger partial charge in [-0.05, 0) is 75.1 Å². The Kier molecular flexibility index (Phi) is 17.2. The number of hydrogen-bond donors (Lipinski definition) is 0. The van der Waals surface area contributed by atoms with E-state index in [4.69, 9.17) is 27.8 Å². The van der Waals surface area contributed by atoms with Gasteiger partial charge in [0.2, 0.25) is 0 Å². The van der Waals surface area contributed by atoms with Crippen LogP contribution in [0.3, 0.4) is 0 Å². The van der Waals surface area contributed by atoms with E-state index in [1.807, 2.05) is 12.3 Å². The Hall–Kier alpha value is -1.25. The molecule has 0 radical (unpaired) electrons. The summed E-state index contributed by atoms with van der Waals surface area (Å²) in [6.45, 7) is 30.4. The van der Waals surface area contributed by atoms with Gasteiger partial charge in [-0.15, -0.1) is 11.8 Å². The fraction of sp³-hybridized carbons (Fsp3) is 0.744. The van der Waals surface area contributed by atoms with Gasteiger partial charge in [0.25, 0.3) is 0 Å². The molecule has 0 unspecified atom stereocenters. The first-order valence-corrected chi connectivity index (χ1v) is 27.1. The molecule has 2 saturated heterocycles. The first-order chi connectivity index (χ1) is 24.6. The van der Waals surface area contributed by atoms with Crippen molar-refractivity contribution in [2.75, 3.05) is 25.4 Å². The maximum atomic E-state index is 13.5. The maximum Gasteiger partial charge on any atom is 0.331 e. The third-order valence-electron chi connectivity index (χ3n) is 12.3. The lowest BCUT2D eigenvalue weighted by atomic mass is 9.73. The highest BCUT2D eigenvalue weighted by Gasteiger charge is 2.51. The molecule has 3 aliphatic heterocycles. The summed E-state index contributed by atoms with van der Waals surface area (Å²) in [6.07, 6.45) is 23.2. The van der Waals surface area contributed by atoms with E-state index in [0.717, 1.165) is 19.3 Å². The van der Waals surface area contributed by atoms with Crippen molar-refractivity contribution in [3.05, 3.63) is 60.3 Å². The first kappa shape index (κ1) is 46.1. The van der Waals surface area contributed by atoms with Crippen LogP contribution < -0.4 is 0 Å². The second-order valence-corrected chi connectivity index (χ2v) is 29.1. The third-order valence-corrected chi connectivity index (χ3v) is 21.7. The highest BCUT2D eigenvalue weighted by atomic mass is 32.2. The summed E-state index contributed by atoms with van der Waals surface area (Å²) in [7, 11) is -4.08. The average molecular weight is 791 g/mol. The second kappa shape index (κ2) is 19.8. The predicted molar refractivity (Wildman–Crippen MR) is 227 cm³/mol. The fourth-order valence-electron chi connectivity index (χ4n) is 6.53. The minimum absolute atomic E-state index is 0.0155. The van der Waals surface area contributed by atoms with Gasteiger partial charge >= 0.3 is 5.97 Å². The molecule has 53 heavy (non-hydrogen) atoms. The van der Waals surface area contributed by atoms with E-state index in [-0.39, 0.29) is 52.5 Å².